The van der Waals surface area contributed by atoms with Crippen molar-refractivity contribution in [3.05, 3.63) is 47.5 Å². The summed E-state index contributed by atoms with van der Waals surface area (Å²) in [6.45, 7) is 3.57. The molecule has 1 aliphatic rings. The highest BCUT2D eigenvalue weighted by molar-refractivity contribution is 5.94. The van der Waals surface area contributed by atoms with E-state index in [4.69, 9.17) is 0 Å². The minimum atomic E-state index is 0.103. The van der Waals surface area contributed by atoms with Gasteiger partial charge in [-0.1, -0.05) is 30.3 Å². The van der Waals surface area contributed by atoms with Gasteiger partial charge in [0.2, 0.25) is 0 Å². The third kappa shape index (κ3) is 3.19. The van der Waals surface area contributed by atoms with Gasteiger partial charge in [-0.05, 0) is 67.9 Å². The van der Waals surface area contributed by atoms with Gasteiger partial charge in [-0.15, -0.1) is 0 Å². The summed E-state index contributed by atoms with van der Waals surface area (Å²) < 4.78 is 0. The molecule has 1 aliphatic carbocycles. The van der Waals surface area contributed by atoms with E-state index in [1.807, 2.05) is 6.92 Å². The zero-order valence-electron chi connectivity index (χ0n) is 11.2. The fraction of sp³-hybridized carbons (Fsp3) is 0.353. The molecule has 0 N–H and O–H groups in total. The molecule has 18 heavy (non-hydrogen) atoms. The summed E-state index contributed by atoms with van der Waals surface area (Å²) in [7, 11) is 0. The van der Waals surface area contributed by atoms with Crippen LogP contribution in [0.3, 0.4) is 0 Å². The number of hydrogen-bond donors (Lipinski definition) is 0. The van der Waals surface area contributed by atoms with Crippen molar-refractivity contribution in [1.82, 2.24) is 0 Å². The molecule has 1 nitrogen and oxygen atoms in total. The number of benzene rings is 1. The Hall–Kier alpha value is -1.63. The third-order valence-electron chi connectivity index (χ3n) is 3.42. The highest BCUT2D eigenvalue weighted by atomic mass is 16.1. The molecular weight excluding hydrogens is 220 g/mol. The number of carbonyl (C=O) groups is 1. The van der Waals surface area contributed by atoms with E-state index in [2.05, 4.69) is 30.3 Å². The second-order valence-electron chi connectivity index (χ2n) is 4.99. The first-order chi connectivity index (χ1) is 8.66. The fourth-order valence-corrected chi connectivity index (χ4v) is 2.44. The quantitative estimate of drug-likeness (QED) is 0.704. The Morgan fingerprint density at radius 2 is 1.83 bits per heavy atom. The first-order valence-electron chi connectivity index (χ1n) is 6.65. The predicted molar refractivity (Wildman–Crippen MR) is 77.2 cm³/mol. The van der Waals surface area contributed by atoms with E-state index in [0.717, 1.165) is 11.1 Å². The molecule has 2 rings (SSSR count). The average molecular weight is 240 g/mol. The second-order valence-corrected chi connectivity index (χ2v) is 4.99. The van der Waals surface area contributed by atoms with Crippen molar-refractivity contribution in [3.63, 3.8) is 0 Å². The van der Waals surface area contributed by atoms with Crippen molar-refractivity contribution in [2.45, 2.75) is 39.5 Å². The molecule has 0 radical (unpaired) electrons. The molecule has 0 fully saturated rings. The Morgan fingerprint density at radius 1 is 1.11 bits per heavy atom. The van der Waals surface area contributed by atoms with Crippen LogP contribution in [0, 0.1) is 0 Å². The Morgan fingerprint density at radius 3 is 2.39 bits per heavy atom. The van der Waals surface area contributed by atoms with Gasteiger partial charge in [0.15, 0.2) is 5.78 Å². The molecule has 0 aromatic heterocycles. The van der Waals surface area contributed by atoms with Gasteiger partial charge in [-0.2, -0.15) is 0 Å². The molecule has 0 amide bonds. The van der Waals surface area contributed by atoms with Crippen molar-refractivity contribution >= 4 is 16.9 Å². The lowest BCUT2D eigenvalue weighted by Crippen LogP contribution is -1.92. The van der Waals surface area contributed by atoms with Crippen molar-refractivity contribution in [3.8, 4) is 0 Å². The number of carbonyl (C=O) groups excluding carboxylic acids is 1. The third-order valence-corrected chi connectivity index (χ3v) is 3.42. The molecular formula is C17H20O. The molecule has 0 unspecified atom stereocenters. The van der Waals surface area contributed by atoms with Gasteiger partial charge in [-0.25, -0.2) is 0 Å². The van der Waals surface area contributed by atoms with E-state index in [1.54, 1.807) is 13.0 Å². The molecule has 1 aromatic carbocycles. The van der Waals surface area contributed by atoms with Crippen molar-refractivity contribution in [2.24, 2.45) is 0 Å². The maximum absolute atomic E-state index is 11.1. The smallest absolute Gasteiger partial charge is 0.152 e. The lowest BCUT2D eigenvalue weighted by molar-refractivity contribution is -0.112. The molecule has 0 aliphatic heterocycles. The zero-order chi connectivity index (χ0) is 13.0. The first-order valence-corrected chi connectivity index (χ1v) is 6.65. The standard InChI is InChI=1S/C17H20O/c1-13(12-14(2)18)15-8-10-17(11-9-15)16-6-4-3-5-7-16/h6,8-12H,3-5,7H2,1-2H3/b13-12+. The minimum Gasteiger partial charge on any atom is -0.295 e. The maximum Gasteiger partial charge on any atom is 0.152 e. The van der Waals surface area contributed by atoms with Crippen LogP contribution in [0.15, 0.2) is 36.4 Å². The van der Waals surface area contributed by atoms with Crippen LogP contribution in [-0.2, 0) is 4.79 Å². The molecule has 1 aromatic rings. The lowest BCUT2D eigenvalue weighted by Gasteiger charge is -2.13. The molecule has 0 bridgehead atoms. The van der Waals surface area contributed by atoms with Crippen molar-refractivity contribution in [2.75, 3.05) is 0 Å². The van der Waals surface area contributed by atoms with Crippen molar-refractivity contribution < 1.29 is 4.79 Å². The largest absolute Gasteiger partial charge is 0.295 e. The van der Waals surface area contributed by atoms with Crippen LogP contribution in [-0.4, -0.2) is 5.78 Å². The van der Waals surface area contributed by atoms with E-state index in [1.165, 1.54) is 36.8 Å². The van der Waals surface area contributed by atoms with Crippen LogP contribution in [0.5, 0.6) is 0 Å². The molecule has 0 atom stereocenters. The number of allylic oxidation sites excluding steroid dienone is 4. The molecule has 0 spiro atoms. The molecule has 0 saturated carbocycles. The van der Waals surface area contributed by atoms with Crippen LogP contribution in [0.4, 0.5) is 0 Å². The van der Waals surface area contributed by atoms with E-state index in [0.29, 0.717) is 0 Å². The van der Waals surface area contributed by atoms with E-state index in [9.17, 15) is 4.79 Å². The first kappa shape index (κ1) is 12.8. The summed E-state index contributed by atoms with van der Waals surface area (Å²) in [5.41, 5.74) is 4.96. The van der Waals surface area contributed by atoms with Gasteiger partial charge >= 0.3 is 0 Å². The predicted octanol–water partition coefficient (Wildman–Crippen LogP) is 4.64. The maximum atomic E-state index is 11.1. The highest BCUT2D eigenvalue weighted by Crippen LogP contribution is 2.27. The summed E-state index contributed by atoms with van der Waals surface area (Å²) in [6, 6.07) is 8.56. The van der Waals surface area contributed by atoms with Crippen molar-refractivity contribution in [1.29, 1.82) is 0 Å². The summed E-state index contributed by atoms with van der Waals surface area (Å²) in [6.07, 6.45) is 9.08. The highest BCUT2D eigenvalue weighted by Gasteiger charge is 2.06. The summed E-state index contributed by atoms with van der Waals surface area (Å²) >= 11 is 0. The lowest BCUT2D eigenvalue weighted by atomic mass is 9.92. The number of ketones is 1. The van der Waals surface area contributed by atoms with Gasteiger partial charge in [0.25, 0.3) is 0 Å². The zero-order valence-corrected chi connectivity index (χ0v) is 11.2. The van der Waals surface area contributed by atoms with Gasteiger partial charge < -0.3 is 0 Å². The van der Waals surface area contributed by atoms with Crippen LogP contribution < -0.4 is 0 Å². The monoisotopic (exact) mass is 240 g/mol. The number of rotatable bonds is 3. The van der Waals surface area contributed by atoms with Gasteiger partial charge in [0.05, 0.1) is 0 Å². The Bertz CT molecular complexity index is 468. The van der Waals surface area contributed by atoms with Gasteiger partial charge in [-0.3, -0.25) is 4.79 Å². The van der Waals surface area contributed by atoms with E-state index >= 15 is 0 Å². The van der Waals surface area contributed by atoms with Gasteiger partial charge in [0, 0.05) is 0 Å². The van der Waals surface area contributed by atoms with Crippen LogP contribution >= 0.6 is 0 Å². The Balaban J connectivity index is 2.19. The summed E-state index contributed by atoms with van der Waals surface area (Å²) in [5.74, 6) is 0.103. The molecule has 94 valence electrons. The molecule has 0 heterocycles. The normalized spacial score (nSPS) is 16.3. The number of hydrogen-bond acceptors (Lipinski definition) is 1. The second kappa shape index (κ2) is 5.81. The topological polar surface area (TPSA) is 17.1 Å². The SMILES string of the molecule is CC(=O)/C=C(\C)c1ccc(C2=CCCCC2)cc1. The Kier molecular flexibility index (Phi) is 4.14. The fourth-order valence-electron chi connectivity index (χ4n) is 2.44. The van der Waals surface area contributed by atoms with Crippen LogP contribution in [0.1, 0.15) is 50.7 Å². The average Bonchev–Trinajstić information content (AvgIpc) is 2.39. The van der Waals surface area contributed by atoms with Crippen LogP contribution in [0.25, 0.3) is 11.1 Å². The van der Waals surface area contributed by atoms with E-state index < -0.39 is 0 Å². The van der Waals surface area contributed by atoms with E-state index in [-0.39, 0.29) is 5.78 Å². The van der Waals surface area contributed by atoms with Crippen LogP contribution in [0.2, 0.25) is 0 Å². The molecule has 0 saturated heterocycles. The Labute approximate surface area is 109 Å². The summed E-state index contributed by atoms with van der Waals surface area (Å²) in [5, 5.41) is 0. The minimum absolute atomic E-state index is 0.103. The molecule has 1 heteroatoms. The summed E-state index contributed by atoms with van der Waals surface area (Å²) in [4.78, 5) is 11.1. The van der Waals surface area contributed by atoms with Gasteiger partial charge in [0.1, 0.15) is 0 Å².